The van der Waals surface area contributed by atoms with Crippen molar-refractivity contribution in [3.05, 3.63) is 0 Å². The van der Waals surface area contributed by atoms with Crippen molar-refractivity contribution in [3.63, 3.8) is 0 Å². The summed E-state index contributed by atoms with van der Waals surface area (Å²) in [5, 5.41) is -5.45. The number of carbonyl (C=O) groups is 1. The molecule has 4 rings (SSSR count). The van der Waals surface area contributed by atoms with Crippen LogP contribution in [0.2, 0.25) is 0 Å². The summed E-state index contributed by atoms with van der Waals surface area (Å²) >= 11 is 0. The molecule has 1 unspecified atom stereocenters. The number of esters is 1. The molecule has 0 aromatic heterocycles. The minimum atomic E-state index is -5.91. The first-order chi connectivity index (χ1) is 11.8. The molecule has 150 valence electrons. The van der Waals surface area contributed by atoms with Gasteiger partial charge in [0, 0.05) is 0 Å². The van der Waals surface area contributed by atoms with Gasteiger partial charge in [-0.3, -0.25) is 8.98 Å². The zero-order valence-corrected chi connectivity index (χ0v) is 14.7. The van der Waals surface area contributed by atoms with Crippen molar-refractivity contribution in [3.8, 4) is 0 Å². The Labute approximate surface area is 147 Å². The van der Waals surface area contributed by atoms with Crippen LogP contribution in [0, 0.1) is 23.2 Å². The fraction of sp³-hybridized carbons (Fsp3) is 0.933. The number of hydrogen-bond acceptors (Lipinski definition) is 5. The molecule has 0 spiro atoms. The van der Waals surface area contributed by atoms with Crippen LogP contribution < -0.4 is 0 Å². The molecule has 4 saturated carbocycles. The van der Waals surface area contributed by atoms with Crippen LogP contribution in [0.4, 0.5) is 22.0 Å². The third-order valence-corrected chi connectivity index (χ3v) is 7.17. The van der Waals surface area contributed by atoms with E-state index in [1.807, 2.05) is 0 Å². The predicted octanol–water partition coefficient (Wildman–Crippen LogP) is 3.25. The largest absolute Gasteiger partial charge is 0.444 e. The Hall–Kier alpha value is -0.970. The molecule has 1 atom stereocenters. The highest BCUT2D eigenvalue weighted by molar-refractivity contribution is 7.87. The summed E-state index contributed by atoms with van der Waals surface area (Å²) in [5.41, 5.74) is -1.23. The number of halogens is 5. The van der Waals surface area contributed by atoms with Gasteiger partial charge in [-0.2, -0.15) is 30.4 Å². The third-order valence-electron chi connectivity index (χ3n) is 5.85. The van der Waals surface area contributed by atoms with E-state index in [0.717, 1.165) is 19.3 Å². The van der Waals surface area contributed by atoms with Crippen LogP contribution in [0.25, 0.3) is 0 Å². The van der Waals surface area contributed by atoms with E-state index in [-0.39, 0.29) is 17.8 Å². The number of carbonyl (C=O) groups excluding carboxylic acids is 1. The molecule has 0 aromatic carbocycles. The van der Waals surface area contributed by atoms with Gasteiger partial charge in [0.05, 0.1) is 12.5 Å². The lowest BCUT2D eigenvalue weighted by molar-refractivity contribution is -0.266. The molecule has 4 bridgehead atoms. The average Bonchev–Trinajstić information content (AvgIpc) is 2.49. The van der Waals surface area contributed by atoms with Crippen molar-refractivity contribution < 1.29 is 44.1 Å². The lowest BCUT2D eigenvalue weighted by Gasteiger charge is -2.55. The van der Waals surface area contributed by atoms with Crippen molar-refractivity contribution in [2.24, 2.45) is 23.2 Å². The minimum absolute atomic E-state index is 0.168. The van der Waals surface area contributed by atoms with Gasteiger partial charge in [0.15, 0.2) is 0 Å². The second-order valence-corrected chi connectivity index (χ2v) is 9.49. The minimum Gasteiger partial charge on any atom is -0.444 e. The van der Waals surface area contributed by atoms with Crippen LogP contribution in [0.5, 0.6) is 0 Å². The molecule has 0 radical (unpaired) electrons. The summed E-state index contributed by atoms with van der Waals surface area (Å²) in [7, 11) is -5.60. The molecule has 0 aromatic rings. The third kappa shape index (κ3) is 3.10. The molecule has 4 fully saturated rings. The van der Waals surface area contributed by atoms with Crippen molar-refractivity contribution >= 4 is 16.1 Å². The van der Waals surface area contributed by atoms with Gasteiger partial charge in [-0.25, -0.2) is 0 Å². The van der Waals surface area contributed by atoms with Gasteiger partial charge in [0.2, 0.25) is 0 Å². The van der Waals surface area contributed by atoms with E-state index in [4.69, 9.17) is 0 Å². The quantitative estimate of drug-likeness (QED) is 0.398. The van der Waals surface area contributed by atoms with Gasteiger partial charge < -0.3 is 4.74 Å². The first-order valence-corrected chi connectivity index (χ1v) is 9.67. The highest BCUT2D eigenvalue weighted by atomic mass is 32.2. The number of rotatable bonds is 5. The van der Waals surface area contributed by atoms with Gasteiger partial charge in [-0.1, -0.05) is 0 Å². The summed E-state index contributed by atoms with van der Waals surface area (Å²) in [5.74, 6) is -0.881. The van der Waals surface area contributed by atoms with Gasteiger partial charge in [-0.05, 0) is 56.3 Å². The Bertz CT molecular complexity index is 652. The lowest BCUT2D eigenvalue weighted by Crippen LogP contribution is -2.56. The Morgan fingerprint density at radius 1 is 1.00 bits per heavy atom. The van der Waals surface area contributed by atoms with E-state index in [2.05, 4.69) is 8.92 Å². The van der Waals surface area contributed by atoms with Crippen LogP contribution in [0.1, 0.15) is 38.5 Å². The molecular weight excluding hydrogens is 387 g/mol. The fourth-order valence-electron chi connectivity index (χ4n) is 5.16. The van der Waals surface area contributed by atoms with Crippen LogP contribution in [0.15, 0.2) is 0 Å². The molecule has 11 heteroatoms. The molecule has 26 heavy (non-hydrogen) atoms. The molecule has 0 N–H and O–H groups in total. The van der Waals surface area contributed by atoms with Crippen LogP contribution >= 0.6 is 0 Å². The topological polar surface area (TPSA) is 69.7 Å². The summed E-state index contributed by atoms with van der Waals surface area (Å²) in [6.07, 6.45) is -6.36. The summed E-state index contributed by atoms with van der Waals surface area (Å²) in [6.45, 7) is 0. The zero-order valence-electron chi connectivity index (χ0n) is 13.9. The highest BCUT2D eigenvalue weighted by Crippen LogP contribution is 2.60. The Morgan fingerprint density at radius 2 is 1.42 bits per heavy atom. The van der Waals surface area contributed by atoms with Crippen molar-refractivity contribution in [2.75, 3.05) is 7.11 Å². The van der Waals surface area contributed by atoms with Crippen LogP contribution in [-0.2, 0) is 23.8 Å². The molecule has 0 amide bonds. The smallest absolute Gasteiger partial charge is 0.432 e. The molecule has 5 nitrogen and oxygen atoms in total. The van der Waals surface area contributed by atoms with Crippen LogP contribution in [-0.4, -0.2) is 39.0 Å². The standard InChI is InChI=1S/C15H19F5O5S/c1-24-26(22,23)15(19,20)11(14(16,17)18)25-12(21)13-5-8-2-9(6-13)4-10(3-8)7-13/h8-11H,2-7H2,1H3. The molecule has 4 aliphatic carbocycles. The monoisotopic (exact) mass is 406 g/mol. The molecule has 0 saturated heterocycles. The highest BCUT2D eigenvalue weighted by Gasteiger charge is 2.68. The van der Waals surface area contributed by atoms with Crippen molar-refractivity contribution in [1.29, 1.82) is 0 Å². The first kappa shape index (κ1) is 19.8. The zero-order chi connectivity index (χ0) is 19.5. The van der Waals surface area contributed by atoms with Crippen molar-refractivity contribution in [2.45, 2.75) is 56.1 Å². The van der Waals surface area contributed by atoms with Crippen molar-refractivity contribution in [1.82, 2.24) is 0 Å². The van der Waals surface area contributed by atoms with E-state index in [1.54, 1.807) is 0 Å². The van der Waals surface area contributed by atoms with E-state index < -0.39 is 39.0 Å². The van der Waals surface area contributed by atoms with Gasteiger partial charge in [0.1, 0.15) is 0 Å². The maximum atomic E-state index is 14.0. The van der Waals surface area contributed by atoms with Gasteiger partial charge >= 0.3 is 27.5 Å². The van der Waals surface area contributed by atoms with Gasteiger partial charge in [0.25, 0.3) is 6.10 Å². The van der Waals surface area contributed by atoms with E-state index in [1.165, 1.54) is 0 Å². The first-order valence-electron chi connectivity index (χ1n) is 8.26. The predicted molar refractivity (Wildman–Crippen MR) is 77.4 cm³/mol. The Morgan fingerprint density at radius 3 is 1.77 bits per heavy atom. The summed E-state index contributed by atoms with van der Waals surface area (Å²) < 4.78 is 97.7. The van der Waals surface area contributed by atoms with E-state index >= 15 is 0 Å². The fourth-order valence-corrected chi connectivity index (χ4v) is 5.83. The normalized spacial score (nSPS) is 35.4. The number of hydrogen-bond donors (Lipinski definition) is 0. The van der Waals surface area contributed by atoms with E-state index in [9.17, 15) is 35.2 Å². The average molecular weight is 406 g/mol. The number of ether oxygens (including phenoxy) is 1. The molecule has 0 heterocycles. The molecule has 4 aliphatic rings. The lowest BCUT2D eigenvalue weighted by atomic mass is 9.49. The maximum Gasteiger partial charge on any atom is 0.432 e. The Kier molecular flexibility index (Phi) is 4.58. The number of alkyl halides is 5. The SMILES string of the molecule is COS(=O)(=O)C(F)(F)C(OC(=O)C12CC3CC(CC(C3)C1)C2)C(F)(F)F. The summed E-state index contributed by atoms with van der Waals surface area (Å²) in [6, 6.07) is 0. The Balaban J connectivity index is 1.87. The van der Waals surface area contributed by atoms with E-state index in [0.29, 0.717) is 26.4 Å². The molecule has 0 aliphatic heterocycles. The molecular formula is C15H19F5O5S. The summed E-state index contributed by atoms with van der Waals surface area (Å²) in [4.78, 5) is 12.5. The second-order valence-electron chi connectivity index (χ2n) is 7.71. The van der Waals surface area contributed by atoms with Gasteiger partial charge in [-0.15, -0.1) is 0 Å². The van der Waals surface area contributed by atoms with Crippen LogP contribution in [0.3, 0.4) is 0 Å². The second kappa shape index (κ2) is 6.02. The maximum absolute atomic E-state index is 14.0.